The molecule has 2 N–H and O–H groups in total. The molecule has 38 heavy (non-hydrogen) atoms. The van der Waals surface area contributed by atoms with E-state index in [4.69, 9.17) is 18.9 Å². The van der Waals surface area contributed by atoms with E-state index in [0.717, 1.165) is 18.3 Å². The van der Waals surface area contributed by atoms with Crippen molar-refractivity contribution in [2.45, 2.75) is 0 Å². The first-order chi connectivity index (χ1) is 18.4. The van der Waals surface area contributed by atoms with Gasteiger partial charge in [0, 0.05) is 30.4 Å². The Balaban J connectivity index is 1.62. The number of likely N-dealkylation sites (N-methyl/N-ethyl adjacent to an activating group) is 1. The largest absolute Gasteiger partial charge is 0.496 e. The second kappa shape index (κ2) is 11.6. The molecule has 0 saturated carbocycles. The number of fused-ring (bicyclic) bond motifs is 1. The number of nitrogens with zero attached hydrogens (tertiary/aromatic N) is 2. The van der Waals surface area contributed by atoms with Crippen LogP contribution in [0.15, 0.2) is 48.8 Å². The Kier molecular flexibility index (Phi) is 8.12. The Morgan fingerprint density at radius 2 is 1.61 bits per heavy atom. The SMILES string of the molecule is CNCCOc1cc2nccc(Oc3ccc(NC(=O)c4c(OC)ccnc4F)c(F)c3F)c2cc1OC. The molecular formula is C26H23F3N4O5. The number of hydrogen-bond acceptors (Lipinski definition) is 8. The van der Waals surface area contributed by atoms with Gasteiger partial charge in [-0.3, -0.25) is 9.78 Å². The van der Waals surface area contributed by atoms with E-state index in [1.54, 1.807) is 19.2 Å². The minimum Gasteiger partial charge on any atom is -0.496 e. The average Bonchev–Trinajstić information content (AvgIpc) is 2.92. The van der Waals surface area contributed by atoms with Gasteiger partial charge in [0.2, 0.25) is 11.8 Å². The number of anilines is 1. The summed E-state index contributed by atoms with van der Waals surface area (Å²) in [5, 5.41) is 5.56. The minimum atomic E-state index is -1.41. The highest BCUT2D eigenvalue weighted by atomic mass is 19.2. The average molecular weight is 528 g/mol. The van der Waals surface area contributed by atoms with E-state index in [1.165, 1.54) is 32.5 Å². The van der Waals surface area contributed by atoms with Crippen LogP contribution in [0, 0.1) is 17.6 Å². The highest BCUT2D eigenvalue weighted by Gasteiger charge is 2.23. The number of halogens is 3. The van der Waals surface area contributed by atoms with Crippen LogP contribution < -0.4 is 29.6 Å². The number of methoxy groups -OCH3 is 2. The number of hydrogen-bond donors (Lipinski definition) is 2. The fourth-order valence-electron chi connectivity index (χ4n) is 3.56. The molecule has 0 saturated heterocycles. The molecule has 0 unspecified atom stereocenters. The van der Waals surface area contributed by atoms with Gasteiger partial charge in [-0.1, -0.05) is 0 Å². The summed E-state index contributed by atoms with van der Waals surface area (Å²) >= 11 is 0. The van der Waals surface area contributed by atoms with Crippen LogP contribution in [-0.2, 0) is 0 Å². The Hall–Kier alpha value is -4.58. The number of carbonyl (C=O) groups excluding carboxylic acids is 1. The third kappa shape index (κ3) is 5.39. The summed E-state index contributed by atoms with van der Waals surface area (Å²) in [6, 6.07) is 8.22. The minimum absolute atomic E-state index is 0.119. The maximum atomic E-state index is 15.0. The number of rotatable bonds is 10. The van der Waals surface area contributed by atoms with Crippen molar-refractivity contribution in [1.82, 2.24) is 15.3 Å². The van der Waals surface area contributed by atoms with Crippen LogP contribution in [0.1, 0.15) is 10.4 Å². The zero-order valence-electron chi connectivity index (χ0n) is 20.6. The smallest absolute Gasteiger partial charge is 0.264 e. The molecule has 0 aliphatic rings. The first-order valence-corrected chi connectivity index (χ1v) is 11.3. The molecule has 0 bridgehead atoms. The summed E-state index contributed by atoms with van der Waals surface area (Å²) in [5.41, 5.74) is -0.614. The van der Waals surface area contributed by atoms with E-state index in [2.05, 4.69) is 20.6 Å². The molecule has 0 spiro atoms. The van der Waals surface area contributed by atoms with Crippen LogP contribution in [0.25, 0.3) is 10.9 Å². The van der Waals surface area contributed by atoms with Gasteiger partial charge in [0.1, 0.15) is 23.7 Å². The van der Waals surface area contributed by atoms with E-state index >= 15 is 0 Å². The van der Waals surface area contributed by atoms with Gasteiger partial charge in [-0.2, -0.15) is 8.78 Å². The molecule has 0 radical (unpaired) electrons. The second-order valence-electron chi connectivity index (χ2n) is 7.76. The first kappa shape index (κ1) is 26.5. The van der Waals surface area contributed by atoms with Crippen LogP contribution in [0.2, 0.25) is 0 Å². The predicted octanol–water partition coefficient (Wildman–Crippen LogP) is 4.71. The van der Waals surface area contributed by atoms with Crippen LogP contribution in [0.3, 0.4) is 0 Å². The lowest BCUT2D eigenvalue weighted by Crippen LogP contribution is -2.17. The molecule has 0 aliphatic carbocycles. The van der Waals surface area contributed by atoms with Gasteiger partial charge in [0.05, 0.1) is 25.4 Å². The quantitative estimate of drug-likeness (QED) is 0.225. The monoisotopic (exact) mass is 528 g/mol. The predicted molar refractivity (Wildman–Crippen MR) is 133 cm³/mol. The van der Waals surface area contributed by atoms with Crippen LogP contribution in [-0.4, -0.2) is 50.3 Å². The number of benzene rings is 2. The fourth-order valence-corrected chi connectivity index (χ4v) is 3.56. The number of ether oxygens (including phenoxy) is 4. The topological polar surface area (TPSA) is 104 Å². The van der Waals surface area contributed by atoms with Gasteiger partial charge in [-0.15, -0.1) is 0 Å². The number of nitrogens with one attached hydrogen (secondary N) is 2. The number of carbonyl (C=O) groups is 1. The lowest BCUT2D eigenvalue weighted by atomic mass is 10.1. The molecule has 1 amide bonds. The van der Waals surface area contributed by atoms with Crippen LogP contribution >= 0.6 is 0 Å². The lowest BCUT2D eigenvalue weighted by molar-refractivity contribution is 0.101. The van der Waals surface area contributed by atoms with Crippen LogP contribution in [0.5, 0.6) is 28.7 Å². The van der Waals surface area contributed by atoms with Crippen molar-refractivity contribution in [2.24, 2.45) is 0 Å². The summed E-state index contributed by atoms with van der Waals surface area (Å²) < 4.78 is 65.7. The molecule has 12 heteroatoms. The van der Waals surface area contributed by atoms with Crippen molar-refractivity contribution in [3.05, 3.63) is 71.9 Å². The van der Waals surface area contributed by atoms with E-state index in [0.29, 0.717) is 35.6 Å². The Bertz CT molecular complexity index is 1490. The van der Waals surface area contributed by atoms with Crippen molar-refractivity contribution in [2.75, 3.05) is 39.7 Å². The molecule has 4 aromatic rings. The third-order valence-corrected chi connectivity index (χ3v) is 5.43. The Morgan fingerprint density at radius 3 is 2.34 bits per heavy atom. The van der Waals surface area contributed by atoms with Crippen molar-refractivity contribution in [3.63, 3.8) is 0 Å². The molecule has 0 fully saturated rings. The molecule has 0 atom stereocenters. The van der Waals surface area contributed by atoms with E-state index in [9.17, 15) is 18.0 Å². The maximum Gasteiger partial charge on any atom is 0.264 e. The molecule has 198 valence electrons. The van der Waals surface area contributed by atoms with Gasteiger partial charge < -0.3 is 29.6 Å². The number of amides is 1. The van der Waals surface area contributed by atoms with Gasteiger partial charge in [-0.25, -0.2) is 9.37 Å². The molecule has 9 nitrogen and oxygen atoms in total. The van der Waals surface area contributed by atoms with E-state index in [-0.39, 0.29) is 11.5 Å². The second-order valence-corrected chi connectivity index (χ2v) is 7.76. The summed E-state index contributed by atoms with van der Waals surface area (Å²) in [6.45, 7) is 1.01. The molecule has 2 aromatic carbocycles. The normalized spacial score (nSPS) is 10.8. The standard InChI is InChI=1S/C26H23F3N4O5/c1-30-10-11-37-21-13-16-14(12-20(21)36-3)17(6-8-31-16)38-19-5-4-15(23(27)24(19)28)33-26(34)22-18(35-2)7-9-32-25(22)29/h4-9,12-13,30H,10-11H2,1-3H3,(H,33,34). The highest BCUT2D eigenvalue weighted by molar-refractivity contribution is 6.06. The van der Waals surface area contributed by atoms with E-state index in [1.807, 2.05) is 0 Å². The van der Waals surface area contributed by atoms with Crippen molar-refractivity contribution < 1.29 is 36.9 Å². The highest BCUT2D eigenvalue weighted by Crippen LogP contribution is 2.38. The zero-order valence-corrected chi connectivity index (χ0v) is 20.6. The third-order valence-electron chi connectivity index (χ3n) is 5.43. The van der Waals surface area contributed by atoms with Gasteiger partial charge >= 0.3 is 0 Å². The van der Waals surface area contributed by atoms with Crippen molar-refractivity contribution in [3.8, 4) is 28.7 Å². The molecule has 4 rings (SSSR count). The van der Waals surface area contributed by atoms with Crippen LogP contribution in [0.4, 0.5) is 18.9 Å². The molecule has 2 aromatic heterocycles. The summed E-state index contributed by atoms with van der Waals surface area (Å²) in [7, 11) is 4.50. The summed E-state index contributed by atoms with van der Waals surface area (Å²) in [6.07, 6.45) is 2.55. The van der Waals surface area contributed by atoms with E-state index < -0.39 is 40.5 Å². The Morgan fingerprint density at radius 1 is 0.868 bits per heavy atom. The van der Waals surface area contributed by atoms with Gasteiger partial charge in [-0.05, 0) is 37.4 Å². The number of aromatic nitrogens is 2. The zero-order chi connectivity index (χ0) is 27.2. The molecule has 2 heterocycles. The molecule has 0 aliphatic heterocycles. The van der Waals surface area contributed by atoms with Crippen molar-refractivity contribution >= 4 is 22.5 Å². The van der Waals surface area contributed by atoms with Crippen molar-refractivity contribution in [1.29, 1.82) is 0 Å². The Labute approximate surface area is 215 Å². The lowest BCUT2D eigenvalue weighted by Gasteiger charge is -2.15. The molecular weight excluding hydrogens is 505 g/mol. The van der Waals surface area contributed by atoms with Gasteiger partial charge in [0.15, 0.2) is 23.1 Å². The number of pyridine rings is 2. The summed E-state index contributed by atoms with van der Waals surface area (Å²) in [4.78, 5) is 20.2. The van der Waals surface area contributed by atoms with Gasteiger partial charge in [0.25, 0.3) is 5.91 Å². The maximum absolute atomic E-state index is 15.0. The fraction of sp³-hybridized carbons (Fsp3) is 0.192. The first-order valence-electron chi connectivity index (χ1n) is 11.3. The summed E-state index contributed by atoms with van der Waals surface area (Å²) in [5.74, 6) is -4.52.